The van der Waals surface area contributed by atoms with Crippen molar-refractivity contribution in [2.75, 3.05) is 0 Å². The molecular formula is C19H31N7O7. The first-order chi connectivity index (χ1) is 15.3. The van der Waals surface area contributed by atoms with Gasteiger partial charge in [0.25, 0.3) is 0 Å². The fraction of sp³-hybridized carbons (Fsp3) is 0.579. The van der Waals surface area contributed by atoms with Crippen molar-refractivity contribution in [1.82, 2.24) is 25.9 Å². The van der Waals surface area contributed by atoms with Gasteiger partial charge in [0.15, 0.2) is 0 Å². The Hall–Kier alpha value is -3.52. The molecule has 0 aliphatic heterocycles. The van der Waals surface area contributed by atoms with Crippen molar-refractivity contribution < 1.29 is 34.2 Å². The Balaban J connectivity index is 3.03. The average Bonchev–Trinajstić information content (AvgIpc) is 3.20. The van der Waals surface area contributed by atoms with Gasteiger partial charge in [-0.25, -0.2) is 9.78 Å². The molecule has 0 aliphatic rings. The van der Waals surface area contributed by atoms with Crippen LogP contribution in [0.4, 0.5) is 0 Å². The lowest BCUT2D eigenvalue weighted by Crippen LogP contribution is -2.60. The van der Waals surface area contributed by atoms with E-state index in [4.69, 9.17) is 11.5 Å². The van der Waals surface area contributed by atoms with E-state index in [-0.39, 0.29) is 6.42 Å². The van der Waals surface area contributed by atoms with E-state index in [0.717, 1.165) is 0 Å². The summed E-state index contributed by atoms with van der Waals surface area (Å²) in [6.45, 7) is 4.44. The highest BCUT2D eigenvalue weighted by atomic mass is 16.4. The summed E-state index contributed by atoms with van der Waals surface area (Å²) in [5.74, 6) is -5.14. The average molecular weight is 469 g/mol. The lowest BCUT2D eigenvalue weighted by molar-refractivity contribution is -0.143. The van der Waals surface area contributed by atoms with Crippen LogP contribution in [0.2, 0.25) is 0 Å². The summed E-state index contributed by atoms with van der Waals surface area (Å²) in [7, 11) is 0. The summed E-state index contributed by atoms with van der Waals surface area (Å²) in [5, 5.41) is 26.3. The number of H-pyrrole nitrogens is 1. The highest BCUT2D eigenvalue weighted by Crippen LogP contribution is 2.06. The fourth-order valence-corrected chi connectivity index (χ4v) is 2.83. The number of hydrogen-bond donors (Lipinski definition) is 8. The van der Waals surface area contributed by atoms with Gasteiger partial charge in [0.05, 0.1) is 24.9 Å². The summed E-state index contributed by atoms with van der Waals surface area (Å²) in [6, 6.07) is -5.34. The minimum Gasteiger partial charge on any atom is -0.480 e. The maximum absolute atomic E-state index is 12.8. The van der Waals surface area contributed by atoms with Gasteiger partial charge in [-0.2, -0.15) is 0 Å². The first-order valence-corrected chi connectivity index (χ1v) is 10.2. The van der Waals surface area contributed by atoms with Gasteiger partial charge in [0, 0.05) is 18.3 Å². The molecule has 5 atom stereocenters. The largest absolute Gasteiger partial charge is 0.480 e. The SMILES string of the molecule is CC(C)C(NC(=O)C(Cc1cnc[nH]1)NC(=O)C(NC(=O)C(N)CC(N)=O)C(C)O)C(=O)O. The number of aromatic nitrogens is 2. The molecule has 0 saturated carbocycles. The van der Waals surface area contributed by atoms with Crippen molar-refractivity contribution in [1.29, 1.82) is 0 Å². The van der Waals surface area contributed by atoms with E-state index in [1.165, 1.54) is 19.4 Å². The first-order valence-electron chi connectivity index (χ1n) is 10.2. The number of nitrogens with two attached hydrogens (primary N) is 2. The van der Waals surface area contributed by atoms with E-state index in [2.05, 4.69) is 25.9 Å². The van der Waals surface area contributed by atoms with Crippen molar-refractivity contribution in [3.05, 3.63) is 18.2 Å². The molecule has 33 heavy (non-hydrogen) atoms. The van der Waals surface area contributed by atoms with E-state index in [1.54, 1.807) is 13.8 Å². The van der Waals surface area contributed by atoms with Gasteiger partial charge in [0.1, 0.15) is 18.1 Å². The molecular weight excluding hydrogens is 438 g/mol. The summed E-state index contributed by atoms with van der Waals surface area (Å²) in [5.41, 5.74) is 11.0. The topological polar surface area (TPSA) is 243 Å². The number of imidazole rings is 1. The Kier molecular flexibility index (Phi) is 10.4. The van der Waals surface area contributed by atoms with Crippen molar-refractivity contribution in [2.24, 2.45) is 17.4 Å². The van der Waals surface area contributed by atoms with Gasteiger partial charge in [-0.3, -0.25) is 19.2 Å². The van der Waals surface area contributed by atoms with Crippen LogP contribution in [0.25, 0.3) is 0 Å². The zero-order chi connectivity index (χ0) is 25.3. The molecule has 0 aliphatic carbocycles. The van der Waals surface area contributed by atoms with Crippen LogP contribution in [-0.2, 0) is 30.4 Å². The Morgan fingerprint density at radius 2 is 1.64 bits per heavy atom. The second kappa shape index (κ2) is 12.5. The molecule has 0 fully saturated rings. The standard InChI is InChI=1S/C19H31N7O7/c1-8(2)14(19(32)33)25-17(30)12(4-10-6-22-7-23-10)24-18(31)15(9(3)27)26-16(29)11(20)5-13(21)28/h6-9,11-12,14-15,27H,4-5,20H2,1-3H3,(H2,21,28)(H,22,23)(H,24,31)(H,25,30)(H,26,29)(H,32,33). The lowest BCUT2D eigenvalue weighted by atomic mass is 10.0. The van der Waals surface area contributed by atoms with Gasteiger partial charge < -0.3 is 42.6 Å². The van der Waals surface area contributed by atoms with Gasteiger partial charge in [-0.1, -0.05) is 13.8 Å². The molecule has 1 rings (SSSR count). The molecule has 0 saturated heterocycles. The summed E-state index contributed by atoms with van der Waals surface area (Å²) in [6.07, 6.45) is 0.827. The third kappa shape index (κ3) is 8.86. The van der Waals surface area contributed by atoms with Crippen molar-refractivity contribution in [3.63, 3.8) is 0 Å². The number of carbonyl (C=O) groups is 5. The molecule has 14 heteroatoms. The van der Waals surface area contributed by atoms with Crippen LogP contribution < -0.4 is 27.4 Å². The number of nitrogens with zero attached hydrogens (tertiary/aromatic N) is 1. The zero-order valence-electron chi connectivity index (χ0n) is 18.6. The number of carbonyl (C=O) groups excluding carboxylic acids is 4. The summed E-state index contributed by atoms with van der Waals surface area (Å²) < 4.78 is 0. The number of rotatable bonds is 13. The molecule has 184 valence electrons. The lowest BCUT2D eigenvalue weighted by Gasteiger charge is -2.26. The third-order valence-electron chi connectivity index (χ3n) is 4.66. The van der Waals surface area contributed by atoms with Crippen LogP contribution in [0.5, 0.6) is 0 Å². The number of carboxylic acids is 1. The molecule has 1 aromatic rings. The smallest absolute Gasteiger partial charge is 0.326 e. The number of primary amides is 1. The Morgan fingerprint density at radius 1 is 1.03 bits per heavy atom. The second-order valence-electron chi connectivity index (χ2n) is 7.91. The fourth-order valence-electron chi connectivity index (χ4n) is 2.83. The predicted molar refractivity (Wildman–Crippen MR) is 114 cm³/mol. The van der Waals surface area contributed by atoms with E-state index in [9.17, 15) is 34.2 Å². The normalized spacial score (nSPS) is 15.6. The van der Waals surface area contributed by atoms with Crippen LogP contribution in [0.1, 0.15) is 32.9 Å². The third-order valence-corrected chi connectivity index (χ3v) is 4.66. The Morgan fingerprint density at radius 3 is 2.09 bits per heavy atom. The van der Waals surface area contributed by atoms with Crippen LogP contribution >= 0.6 is 0 Å². The van der Waals surface area contributed by atoms with Crippen molar-refractivity contribution >= 4 is 29.6 Å². The van der Waals surface area contributed by atoms with Crippen molar-refractivity contribution in [3.8, 4) is 0 Å². The second-order valence-corrected chi connectivity index (χ2v) is 7.91. The molecule has 0 radical (unpaired) electrons. The molecule has 0 aromatic carbocycles. The highest BCUT2D eigenvalue weighted by Gasteiger charge is 2.33. The number of carboxylic acid groups (broad SMARTS) is 1. The number of aliphatic hydroxyl groups is 1. The molecule has 5 unspecified atom stereocenters. The van der Waals surface area contributed by atoms with E-state index < -0.39 is 72.2 Å². The van der Waals surface area contributed by atoms with Crippen LogP contribution in [-0.4, -0.2) is 80.1 Å². The van der Waals surface area contributed by atoms with Gasteiger partial charge in [0.2, 0.25) is 23.6 Å². The van der Waals surface area contributed by atoms with Crippen LogP contribution in [0, 0.1) is 5.92 Å². The minimum absolute atomic E-state index is 0.0797. The summed E-state index contributed by atoms with van der Waals surface area (Å²) in [4.78, 5) is 66.8. The number of aliphatic hydroxyl groups excluding tert-OH is 1. The molecule has 0 bridgehead atoms. The maximum atomic E-state index is 12.8. The van der Waals surface area contributed by atoms with Gasteiger partial charge in [-0.05, 0) is 12.8 Å². The number of aliphatic carboxylic acids is 1. The summed E-state index contributed by atoms with van der Waals surface area (Å²) >= 11 is 0. The van der Waals surface area contributed by atoms with Crippen molar-refractivity contribution in [2.45, 2.75) is 63.9 Å². The molecule has 0 spiro atoms. The van der Waals surface area contributed by atoms with Crippen LogP contribution in [0.15, 0.2) is 12.5 Å². The number of nitrogens with one attached hydrogen (secondary N) is 4. The first kappa shape index (κ1) is 27.5. The highest BCUT2D eigenvalue weighted by molar-refractivity contribution is 5.95. The Bertz CT molecular complexity index is 842. The molecule has 1 heterocycles. The van der Waals surface area contributed by atoms with Gasteiger partial charge in [-0.15, -0.1) is 0 Å². The molecule has 10 N–H and O–H groups in total. The molecule has 1 aromatic heterocycles. The predicted octanol–water partition coefficient (Wildman–Crippen LogP) is -3.27. The maximum Gasteiger partial charge on any atom is 0.326 e. The van der Waals surface area contributed by atoms with E-state index in [0.29, 0.717) is 5.69 Å². The van der Waals surface area contributed by atoms with Gasteiger partial charge >= 0.3 is 5.97 Å². The van der Waals surface area contributed by atoms with E-state index >= 15 is 0 Å². The number of aromatic amines is 1. The van der Waals surface area contributed by atoms with E-state index in [1.807, 2.05) is 0 Å². The zero-order valence-corrected chi connectivity index (χ0v) is 18.6. The monoisotopic (exact) mass is 469 g/mol. The molecule has 4 amide bonds. The van der Waals surface area contributed by atoms with Crippen LogP contribution in [0.3, 0.4) is 0 Å². The quantitative estimate of drug-likeness (QED) is 0.144. The molecule has 14 nitrogen and oxygen atoms in total. The number of hydrogen-bond acceptors (Lipinski definition) is 8. The number of amides is 4. The minimum atomic E-state index is -1.52. The Labute approximate surface area is 189 Å².